The summed E-state index contributed by atoms with van der Waals surface area (Å²) in [6, 6.07) is 5.93. The molecule has 0 unspecified atom stereocenters. The van der Waals surface area contributed by atoms with Crippen molar-refractivity contribution in [3.8, 4) is 0 Å². The lowest BCUT2D eigenvalue weighted by molar-refractivity contribution is 0.102. The Hall–Kier alpha value is -0.690. The highest BCUT2D eigenvalue weighted by Crippen LogP contribution is 2.25. The van der Waals surface area contributed by atoms with Gasteiger partial charge >= 0.3 is 0 Å². The quantitative estimate of drug-likeness (QED) is 0.533. The molecule has 1 aromatic heterocycles. The van der Waals surface area contributed by atoms with Crippen molar-refractivity contribution in [3.63, 3.8) is 0 Å². The Morgan fingerprint density at radius 2 is 2.11 bits per heavy atom. The van der Waals surface area contributed by atoms with Gasteiger partial charge in [-0.25, -0.2) is 0 Å². The van der Waals surface area contributed by atoms with Crippen molar-refractivity contribution in [1.29, 1.82) is 0 Å². The van der Waals surface area contributed by atoms with Gasteiger partial charge < -0.3 is 0 Å². The summed E-state index contributed by atoms with van der Waals surface area (Å²) in [5, 5.41) is 4.26. The number of benzene rings is 1. The van der Waals surface area contributed by atoms with Crippen molar-refractivity contribution in [2.45, 2.75) is 26.8 Å². The van der Waals surface area contributed by atoms with E-state index in [1.54, 1.807) is 10.9 Å². The molecule has 2 aromatic rings. The maximum absolute atomic E-state index is 12.7. The zero-order chi connectivity index (χ0) is 14.2. The van der Waals surface area contributed by atoms with Gasteiger partial charge in [-0.3, -0.25) is 9.48 Å². The highest BCUT2D eigenvalue weighted by molar-refractivity contribution is 14.1. The van der Waals surface area contributed by atoms with E-state index in [1.807, 2.05) is 39.0 Å². The molecular weight excluding hydrogens is 419 g/mol. The van der Waals surface area contributed by atoms with Crippen molar-refractivity contribution < 1.29 is 4.79 Å². The van der Waals surface area contributed by atoms with Gasteiger partial charge in [-0.1, -0.05) is 12.1 Å². The Bertz CT molecular complexity index is 634. The van der Waals surface area contributed by atoms with E-state index in [9.17, 15) is 4.79 Å². The number of rotatable bonds is 3. The number of hydrogen-bond acceptors (Lipinski definition) is 2. The third-order valence-electron chi connectivity index (χ3n) is 2.89. The van der Waals surface area contributed by atoms with Gasteiger partial charge in [-0.2, -0.15) is 5.10 Å². The fourth-order valence-corrected chi connectivity index (χ4v) is 2.95. The van der Waals surface area contributed by atoms with Crippen LogP contribution < -0.4 is 0 Å². The minimum Gasteiger partial charge on any atom is -0.287 e. The van der Waals surface area contributed by atoms with Crippen LogP contribution in [0.5, 0.6) is 0 Å². The summed E-state index contributed by atoms with van der Waals surface area (Å²) < 4.78 is 3.49. The molecule has 100 valence electrons. The third kappa shape index (κ3) is 2.76. The average Bonchev–Trinajstić information content (AvgIpc) is 2.74. The molecule has 0 aliphatic carbocycles. The first-order valence-corrected chi connectivity index (χ1v) is 7.83. The number of aryl methyl sites for hydroxylation is 1. The molecule has 5 heteroatoms. The Balaban J connectivity index is 2.56. The molecule has 0 saturated heterocycles. The van der Waals surface area contributed by atoms with E-state index in [4.69, 9.17) is 0 Å². The molecule has 0 fully saturated rings. The van der Waals surface area contributed by atoms with Crippen LogP contribution >= 0.6 is 38.5 Å². The van der Waals surface area contributed by atoms with Gasteiger partial charge in [0, 0.05) is 15.2 Å². The molecule has 0 radical (unpaired) electrons. The Labute approximate surface area is 134 Å². The minimum atomic E-state index is 0.00572. The summed E-state index contributed by atoms with van der Waals surface area (Å²) in [6.45, 7) is 6.03. The van der Waals surface area contributed by atoms with Crippen LogP contribution in [-0.2, 0) is 0 Å². The first kappa shape index (κ1) is 14.7. The molecule has 0 bridgehead atoms. The van der Waals surface area contributed by atoms with Gasteiger partial charge in [-0.15, -0.1) is 0 Å². The summed E-state index contributed by atoms with van der Waals surface area (Å²) in [5.41, 5.74) is 2.44. The minimum absolute atomic E-state index is 0.00572. The molecule has 0 aliphatic rings. The van der Waals surface area contributed by atoms with E-state index in [1.165, 1.54) is 0 Å². The second-order valence-corrected chi connectivity index (χ2v) is 6.58. The second kappa shape index (κ2) is 5.75. The third-order valence-corrected chi connectivity index (χ3v) is 4.90. The maximum Gasteiger partial charge on any atom is 0.213 e. The van der Waals surface area contributed by atoms with Crippen molar-refractivity contribution >= 4 is 44.3 Å². The number of carbonyl (C=O) groups is 1. The maximum atomic E-state index is 12.7. The zero-order valence-electron chi connectivity index (χ0n) is 10.9. The predicted molar refractivity (Wildman–Crippen MR) is 87.6 cm³/mol. The van der Waals surface area contributed by atoms with Gasteiger partial charge in [0.05, 0.1) is 10.7 Å². The number of aromatic nitrogens is 2. The van der Waals surface area contributed by atoms with E-state index in [-0.39, 0.29) is 11.8 Å². The van der Waals surface area contributed by atoms with Crippen LogP contribution in [0, 0.1) is 10.5 Å². The second-order valence-electron chi connectivity index (χ2n) is 4.65. The first-order valence-electron chi connectivity index (χ1n) is 5.96. The molecule has 3 nitrogen and oxygen atoms in total. The van der Waals surface area contributed by atoms with E-state index in [2.05, 4.69) is 43.6 Å². The summed E-state index contributed by atoms with van der Waals surface area (Å²) in [4.78, 5) is 12.7. The standard InChI is InChI=1S/C14H14BrIN2O/c1-8(2)18-13(11(15)7-17-18)14(19)10-6-4-5-9(3)12(10)16/h4-8H,1-3H3. The topological polar surface area (TPSA) is 34.9 Å². The SMILES string of the molecule is Cc1cccc(C(=O)c2c(Br)cnn2C(C)C)c1I. The fourth-order valence-electron chi connectivity index (χ4n) is 1.90. The van der Waals surface area contributed by atoms with Gasteiger partial charge in [0.25, 0.3) is 0 Å². The lowest BCUT2D eigenvalue weighted by atomic mass is 10.1. The Morgan fingerprint density at radius 3 is 2.74 bits per heavy atom. The van der Waals surface area contributed by atoms with Crippen molar-refractivity contribution in [2.75, 3.05) is 0 Å². The van der Waals surface area contributed by atoms with Crippen LogP contribution in [0.15, 0.2) is 28.9 Å². The van der Waals surface area contributed by atoms with Gasteiger partial charge in [0.2, 0.25) is 5.78 Å². The van der Waals surface area contributed by atoms with Crippen LogP contribution in [-0.4, -0.2) is 15.6 Å². The molecule has 0 atom stereocenters. The van der Waals surface area contributed by atoms with E-state index in [0.717, 1.165) is 19.2 Å². The Kier molecular flexibility index (Phi) is 4.45. The van der Waals surface area contributed by atoms with Crippen LogP contribution in [0.4, 0.5) is 0 Å². The van der Waals surface area contributed by atoms with Crippen molar-refractivity contribution in [2.24, 2.45) is 0 Å². The van der Waals surface area contributed by atoms with E-state index < -0.39 is 0 Å². The Morgan fingerprint density at radius 1 is 1.42 bits per heavy atom. The van der Waals surface area contributed by atoms with E-state index >= 15 is 0 Å². The van der Waals surface area contributed by atoms with Crippen LogP contribution in [0.1, 0.15) is 41.5 Å². The number of carbonyl (C=O) groups excluding carboxylic acids is 1. The fraction of sp³-hybridized carbons (Fsp3) is 0.286. The monoisotopic (exact) mass is 432 g/mol. The molecule has 0 spiro atoms. The number of hydrogen-bond donors (Lipinski definition) is 0. The number of ketones is 1. The molecule has 0 saturated carbocycles. The molecule has 0 N–H and O–H groups in total. The summed E-state index contributed by atoms with van der Waals surface area (Å²) >= 11 is 5.64. The molecular formula is C14H14BrIN2O. The van der Waals surface area contributed by atoms with Gasteiger partial charge in [0.1, 0.15) is 5.69 Å². The van der Waals surface area contributed by atoms with Crippen LogP contribution in [0.3, 0.4) is 0 Å². The lowest BCUT2D eigenvalue weighted by Crippen LogP contribution is -2.15. The van der Waals surface area contributed by atoms with Crippen molar-refractivity contribution in [3.05, 3.63) is 49.3 Å². The summed E-state index contributed by atoms with van der Waals surface area (Å²) in [5.74, 6) is 0.00572. The van der Waals surface area contributed by atoms with Crippen molar-refractivity contribution in [1.82, 2.24) is 9.78 Å². The largest absolute Gasteiger partial charge is 0.287 e. The normalized spacial score (nSPS) is 11.1. The average molecular weight is 433 g/mol. The first-order chi connectivity index (χ1) is 8.93. The summed E-state index contributed by atoms with van der Waals surface area (Å²) in [6.07, 6.45) is 1.68. The molecule has 2 rings (SSSR count). The highest BCUT2D eigenvalue weighted by atomic mass is 127. The van der Waals surface area contributed by atoms with Crippen LogP contribution in [0.2, 0.25) is 0 Å². The van der Waals surface area contributed by atoms with Crippen LogP contribution in [0.25, 0.3) is 0 Å². The molecule has 1 aromatic carbocycles. The van der Waals surface area contributed by atoms with Gasteiger partial charge in [0.15, 0.2) is 0 Å². The zero-order valence-corrected chi connectivity index (χ0v) is 14.7. The molecule has 19 heavy (non-hydrogen) atoms. The van der Waals surface area contributed by atoms with E-state index in [0.29, 0.717) is 5.69 Å². The molecule has 0 amide bonds. The smallest absolute Gasteiger partial charge is 0.213 e. The highest BCUT2D eigenvalue weighted by Gasteiger charge is 2.22. The number of nitrogens with zero attached hydrogens (tertiary/aromatic N) is 2. The molecule has 1 heterocycles. The summed E-state index contributed by atoms with van der Waals surface area (Å²) in [7, 11) is 0. The lowest BCUT2D eigenvalue weighted by Gasteiger charge is -2.12. The number of halogens is 2. The van der Waals surface area contributed by atoms with Gasteiger partial charge in [-0.05, 0) is 70.9 Å². The molecule has 0 aliphatic heterocycles. The predicted octanol–water partition coefficient (Wildman–Crippen LogP) is 4.37.